The van der Waals surface area contributed by atoms with Crippen molar-refractivity contribution in [3.05, 3.63) is 12.7 Å². The fourth-order valence-electron chi connectivity index (χ4n) is 1.40. The fraction of sp³-hybridized carbons (Fsp3) is 0.667. The number of nitrogens with one attached hydrogen (secondary N) is 1. The monoisotopic (exact) mass is 258 g/mol. The fourth-order valence-corrected chi connectivity index (χ4v) is 1.40. The van der Waals surface area contributed by atoms with Crippen LogP contribution in [0.3, 0.4) is 0 Å². The van der Waals surface area contributed by atoms with E-state index < -0.39 is 23.6 Å². The summed E-state index contributed by atoms with van der Waals surface area (Å²) >= 11 is 0. The van der Waals surface area contributed by atoms with E-state index in [9.17, 15) is 9.59 Å². The van der Waals surface area contributed by atoms with Gasteiger partial charge in [0.25, 0.3) is 0 Å². The Labute approximate surface area is 107 Å². The first-order valence-corrected chi connectivity index (χ1v) is 5.76. The van der Waals surface area contributed by atoms with Crippen LogP contribution in [0, 0.1) is 0 Å². The minimum atomic E-state index is -1.16. The highest BCUT2D eigenvalue weighted by atomic mass is 16.4. The summed E-state index contributed by atoms with van der Waals surface area (Å²) in [5.41, 5.74) is -0.444. The third kappa shape index (κ3) is 5.18. The number of hydrogen-bond acceptors (Lipinski definition) is 3. The van der Waals surface area contributed by atoms with E-state index in [1.165, 1.54) is 4.90 Å². The maximum Gasteiger partial charge on any atom is 0.326 e. The van der Waals surface area contributed by atoms with Crippen molar-refractivity contribution in [2.24, 2.45) is 0 Å². The molecule has 0 saturated heterocycles. The standard InChI is InChI=1S/C12H22N2O4/c1-5-7-14(12(2,3)4)11(18)13-9(6-8-15)10(16)17/h5,9,15H,1,6-8H2,2-4H3,(H,13,18)(H,16,17)/t9-/m0/s1. The van der Waals surface area contributed by atoms with Crippen LogP contribution < -0.4 is 5.32 Å². The van der Waals surface area contributed by atoms with Gasteiger partial charge in [0.15, 0.2) is 0 Å². The highest BCUT2D eigenvalue weighted by molar-refractivity contribution is 5.83. The zero-order chi connectivity index (χ0) is 14.3. The lowest BCUT2D eigenvalue weighted by Gasteiger charge is -2.35. The molecule has 104 valence electrons. The molecule has 0 saturated carbocycles. The lowest BCUT2D eigenvalue weighted by atomic mass is 10.1. The Kier molecular flexibility index (Phi) is 6.40. The largest absolute Gasteiger partial charge is 0.480 e. The summed E-state index contributed by atoms with van der Waals surface area (Å²) in [5, 5.41) is 20.0. The van der Waals surface area contributed by atoms with Gasteiger partial charge < -0.3 is 20.4 Å². The molecule has 0 aromatic carbocycles. The molecule has 0 aliphatic carbocycles. The van der Waals surface area contributed by atoms with Crippen molar-refractivity contribution < 1.29 is 19.8 Å². The zero-order valence-corrected chi connectivity index (χ0v) is 11.1. The Bertz CT molecular complexity index is 310. The van der Waals surface area contributed by atoms with Crippen molar-refractivity contribution in [3.63, 3.8) is 0 Å². The summed E-state index contributed by atoms with van der Waals surface area (Å²) in [7, 11) is 0. The van der Waals surface area contributed by atoms with Crippen molar-refractivity contribution in [2.75, 3.05) is 13.2 Å². The van der Waals surface area contributed by atoms with Gasteiger partial charge in [0, 0.05) is 25.1 Å². The lowest BCUT2D eigenvalue weighted by Crippen LogP contribution is -2.54. The number of carboxylic acid groups (broad SMARTS) is 1. The molecule has 0 aromatic rings. The molecular weight excluding hydrogens is 236 g/mol. The number of rotatable bonds is 6. The highest BCUT2D eigenvalue weighted by Gasteiger charge is 2.28. The van der Waals surface area contributed by atoms with Crippen LogP contribution in [0.5, 0.6) is 0 Å². The minimum absolute atomic E-state index is 0.0207. The van der Waals surface area contributed by atoms with E-state index in [4.69, 9.17) is 10.2 Å². The van der Waals surface area contributed by atoms with Crippen LogP contribution >= 0.6 is 0 Å². The van der Waals surface area contributed by atoms with Gasteiger partial charge in [-0.15, -0.1) is 6.58 Å². The van der Waals surface area contributed by atoms with Gasteiger partial charge in [-0.3, -0.25) is 0 Å². The van der Waals surface area contributed by atoms with Crippen LogP contribution in [0.4, 0.5) is 4.79 Å². The highest BCUT2D eigenvalue weighted by Crippen LogP contribution is 2.13. The van der Waals surface area contributed by atoms with Gasteiger partial charge in [0.2, 0.25) is 0 Å². The molecule has 6 nitrogen and oxygen atoms in total. The van der Waals surface area contributed by atoms with E-state index in [0.29, 0.717) is 6.54 Å². The van der Waals surface area contributed by atoms with Crippen molar-refractivity contribution in [2.45, 2.75) is 38.8 Å². The summed E-state index contributed by atoms with van der Waals surface area (Å²) in [6.45, 7) is 9.13. The third-order valence-corrected chi connectivity index (χ3v) is 2.38. The molecule has 0 bridgehead atoms. The molecule has 6 heteroatoms. The second kappa shape index (κ2) is 7.00. The molecule has 0 aliphatic rings. The summed E-state index contributed by atoms with van der Waals surface area (Å²) in [6.07, 6.45) is 1.56. The average molecular weight is 258 g/mol. The summed E-state index contributed by atoms with van der Waals surface area (Å²) in [6, 6.07) is -1.57. The predicted molar refractivity (Wildman–Crippen MR) is 68.3 cm³/mol. The van der Waals surface area contributed by atoms with Crippen molar-refractivity contribution in [1.29, 1.82) is 0 Å². The number of aliphatic hydroxyl groups is 1. The average Bonchev–Trinajstić information content (AvgIpc) is 2.23. The predicted octanol–water partition coefficient (Wildman–Crippen LogP) is 0.818. The van der Waals surface area contributed by atoms with Gasteiger partial charge in [-0.1, -0.05) is 6.08 Å². The molecule has 0 aliphatic heterocycles. The molecule has 0 radical (unpaired) electrons. The van der Waals surface area contributed by atoms with Crippen LogP contribution in [0.25, 0.3) is 0 Å². The molecule has 18 heavy (non-hydrogen) atoms. The van der Waals surface area contributed by atoms with E-state index in [-0.39, 0.29) is 13.0 Å². The number of carbonyl (C=O) groups is 2. The molecule has 0 heterocycles. The van der Waals surface area contributed by atoms with Crippen LogP contribution in [0.1, 0.15) is 27.2 Å². The Hall–Kier alpha value is -1.56. The zero-order valence-electron chi connectivity index (χ0n) is 11.1. The summed E-state index contributed by atoms with van der Waals surface area (Å²) in [5.74, 6) is -1.16. The first-order valence-electron chi connectivity index (χ1n) is 5.76. The van der Waals surface area contributed by atoms with E-state index >= 15 is 0 Å². The van der Waals surface area contributed by atoms with Gasteiger partial charge in [-0.05, 0) is 20.8 Å². The molecular formula is C12H22N2O4. The Morgan fingerprint density at radius 1 is 1.44 bits per heavy atom. The Morgan fingerprint density at radius 2 is 2.00 bits per heavy atom. The molecule has 3 N–H and O–H groups in total. The Morgan fingerprint density at radius 3 is 2.33 bits per heavy atom. The first-order chi connectivity index (χ1) is 8.23. The van der Waals surface area contributed by atoms with Gasteiger partial charge in [-0.2, -0.15) is 0 Å². The lowest BCUT2D eigenvalue weighted by molar-refractivity contribution is -0.139. The molecule has 0 spiro atoms. The summed E-state index contributed by atoms with van der Waals surface area (Å²) < 4.78 is 0. The van der Waals surface area contributed by atoms with Gasteiger partial charge >= 0.3 is 12.0 Å². The molecule has 1 atom stereocenters. The van der Waals surface area contributed by atoms with Crippen molar-refractivity contribution in [1.82, 2.24) is 10.2 Å². The number of carboxylic acids is 1. The molecule has 0 unspecified atom stereocenters. The van der Waals surface area contributed by atoms with E-state index in [1.54, 1.807) is 6.08 Å². The smallest absolute Gasteiger partial charge is 0.326 e. The number of aliphatic hydroxyl groups excluding tert-OH is 1. The molecule has 0 aromatic heterocycles. The molecule has 0 rings (SSSR count). The normalized spacial score (nSPS) is 12.7. The third-order valence-electron chi connectivity index (χ3n) is 2.38. The number of nitrogens with zero attached hydrogens (tertiary/aromatic N) is 1. The minimum Gasteiger partial charge on any atom is -0.480 e. The van der Waals surface area contributed by atoms with E-state index in [1.807, 2.05) is 20.8 Å². The number of carbonyl (C=O) groups excluding carboxylic acids is 1. The van der Waals surface area contributed by atoms with E-state index in [2.05, 4.69) is 11.9 Å². The van der Waals surface area contributed by atoms with Crippen molar-refractivity contribution in [3.8, 4) is 0 Å². The number of aliphatic carboxylic acids is 1. The Balaban J connectivity index is 4.77. The van der Waals surface area contributed by atoms with Crippen LogP contribution in [-0.4, -0.2) is 51.8 Å². The van der Waals surface area contributed by atoms with Crippen LogP contribution in [-0.2, 0) is 4.79 Å². The SMILES string of the molecule is C=CCN(C(=O)N[C@@H](CCO)C(=O)O)C(C)(C)C. The maximum atomic E-state index is 12.0. The first kappa shape index (κ1) is 16.4. The second-order valence-electron chi connectivity index (χ2n) is 4.92. The molecule has 0 fully saturated rings. The van der Waals surface area contributed by atoms with Gasteiger partial charge in [-0.25, -0.2) is 9.59 Å². The molecule has 2 amide bonds. The topological polar surface area (TPSA) is 89.9 Å². The van der Waals surface area contributed by atoms with Gasteiger partial charge in [0.1, 0.15) is 6.04 Å². The maximum absolute atomic E-state index is 12.0. The van der Waals surface area contributed by atoms with E-state index in [0.717, 1.165) is 0 Å². The van der Waals surface area contributed by atoms with Gasteiger partial charge in [0.05, 0.1) is 0 Å². The second-order valence-corrected chi connectivity index (χ2v) is 4.92. The van der Waals surface area contributed by atoms with Crippen LogP contribution in [0.15, 0.2) is 12.7 Å². The quantitative estimate of drug-likeness (QED) is 0.615. The number of hydrogen-bond donors (Lipinski definition) is 3. The summed E-state index contributed by atoms with van der Waals surface area (Å²) in [4.78, 5) is 24.4. The number of urea groups is 1. The van der Waals surface area contributed by atoms with Crippen molar-refractivity contribution >= 4 is 12.0 Å². The van der Waals surface area contributed by atoms with Crippen LogP contribution in [0.2, 0.25) is 0 Å². The number of amides is 2.